The van der Waals surface area contributed by atoms with E-state index in [1.807, 2.05) is 68.4 Å². The fraction of sp³-hybridized carbons (Fsp3) is 0.333. The van der Waals surface area contributed by atoms with Crippen molar-refractivity contribution >= 4 is 23.6 Å². The Balaban J connectivity index is 2.16. The zero-order chi connectivity index (χ0) is 18.9. The summed E-state index contributed by atoms with van der Waals surface area (Å²) in [7, 11) is 1.61. The third-order valence-electron chi connectivity index (χ3n) is 4.21. The van der Waals surface area contributed by atoms with Crippen molar-refractivity contribution in [1.29, 1.82) is 0 Å². The summed E-state index contributed by atoms with van der Waals surface area (Å²) in [6.07, 6.45) is 0.577. The molecule has 0 aliphatic heterocycles. The summed E-state index contributed by atoms with van der Waals surface area (Å²) in [4.78, 5) is 28.0. The van der Waals surface area contributed by atoms with Gasteiger partial charge in [-0.3, -0.25) is 9.59 Å². The normalized spacial score (nSPS) is 11.7. The van der Waals surface area contributed by atoms with Crippen LogP contribution in [0.15, 0.2) is 59.5 Å². The average molecular weight is 371 g/mol. The van der Waals surface area contributed by atoms with Crippen LogP contribution in [0.5, 0.6) is 0 Å². The Hall–Kier alpha value is -2.27. The van der Waals surface area contributed by atoms with E-state index in [0.29, 0.717) is 18.7 Å². The third kappa shape index (κ3) is 5.63. The second-order valence-electron chi connectivity index (χ2n) is 6.15. The lowest BCUT2D eigenvalue weighted by atomic mass is 10.1. The molecule has 2 amide bonds. The Kier molecular flexibility index (Phi) is 7.73. The van der Waals surface area contributed by atoms with E-state index in [4.69, 9.17) is 0 Å². The SMILES string of the molecule is CC[C@H](C(=O)NC)N(Cc1ccc(C)cc1)C(=O)CSc1ccccc1. The minimum Gasteiger partial charge on any atom is -0.357 e. The summed E-state index contributed by atoms with van der Waals surface area (Å²) >= 11 is 1.49. The second-order valence-corrected chi connectivity index (χ2v) is 7.20. The van der Waals surface area contributed by atoms with Gasteiger partial charge in [-0.25, -0.2) is 0 Å². The molecule has 0 aliphatic carbocycles. The first kappa shape index (κ1) is 20.0. The molecule has 0 aromatic heterocycles. The number of hydrogen-bond acceptors (Lipinski definition) is 3. The molecule has 138 valence electrons. The Labute approximate surface area is 160 Å². The van der Waals surface area contributed by atoms with E-state index >= 15 is 0 Å². The molecule has 0 unspecified atom stereocenters. The Morgan fingerprint density at radius 2 is 1.73 bits per heavy atom. The lowest BCUT2D eigenvalue weighted by Crippen LogP contribution is -2.48. The van der Waals surface area contributed by atoms with Gasteiger partial charge < -0.3 is 10.2 Å². The molecule has 0 fully saturated rings. The molecule has 0 bridgehead atoms. The van der Waals surface area contributed by atoms with Crippen LogP contribution in [-0.2, 0) is 16.1 Å². The topological polar surface area (TPSA) is 49.4 Å². The van der Waals surface area contributed by atoms with Crippen molar-refractivity contribution < 1.29 is 9.59 Å². The van der Waals surface area contributed by atoms with Crippen molar-refractivity contribution in [2.24, 2.45) is 0 Å². The number of rotatable bonds is 8. The number of likely N-dealkylation sites (N-methyl/N-ethyl adjacent to an activating group) is 1. The Morgan fingerprint density at radius 3 is 2.31 bits per heavy atom. The maximum atomic E-state index is 12.9. The number of carbonyl (C=O) groups excluding carboxylic acids is 2. The van der Waals surface area contributed by atoms with Gasteiger partial charge in [-0.15, -0.1) is 11.8 Å². The summed E-state index contributed by atoms with van der Waals surface area (Å²) in [6, 6.07) is 17.4. The van der Waals surface area contributed by atoms with Gasteiger partial charge in [0.25, 0.3) is 0 Å². The number of benzene rings is 2. The predicted molar refractivity (Wildman–Crippen MR) is 107 cm³/mol. The third-order valence-corrected chi connectivity index (χ3v) is 5.21. The first-order chi connectivity index (χ1) is 12.5. The van der Waals surface area contributed by atoms with Crippen LogP contribution in [0.2, 0.25) is 0 Å². The quantitative estimate of drug-likeness (QED) is 0.722. The molecule has 0 saturated heterocycles. The lowest BCUT2D eigenvalue weighted by molar-refractivity contribution is -0.139. The minimum absolute atomic E-state index is 0.0325. The highest BCUT2D eigenvalue weighted by Crippen LogP contribution is 2.20. The van der Waals surface area contributed by atoms with Crippen molar-refractivity contribution in [3.63, 3.8) is 0 Å². The van der Waals surface area contributed by atoms with Crippen LogP contribution in [-0.4, -0.2) is 35.6 Å². The summed E-state index contributed by atoms with van der Waals surface area (Å²) in [6.45, 7) is 4.39. The maximum Gasteiger partial charge on any atom is 0.242 e. The van der Waals surface area contributed by atoms with Gasteiger partial charge in [0.2, 0.25) is 11.8 Å². The van der Waals surface area contributed by atoms with Gasteiger partial charge in [0.1, 0.15) is 6.04 Å². The van der Waals surface area contributed by atoms with Crippen molar-refractivity contribution in [3.8, 4) is 0 Å². The Morgan fingerprint density at radius 1 is 1.08 bits per heavy atom. The molecule has 4 nitrogen and oxygen atoms in total. The largest absolute Gasteiger partial charge is 0.357 e. The number of nitrogens with zero attached hydrogens (tertiary/aromatic N) is 1. The number of aryl methyl sites for hydroxylation is 1. The molecule has 26 heavy (non-hydrogen) atoms. The van der Waals surface area contributed by atoms with Crippen LogP contribution in [0.1, 0.15) is 24.5 Å². The van der Waals surface area contributed by atoms with Crippen molar-refractivity contribution in [2.75, 3.05) is 12.8 Å². The zero-order valence-corrected chi connectivity index (χ0v) is 16.4. The number of thioether (sulfide) groups is 1. The maximum absolute atomic E-state index is 12.9. The standard InChI is InChI=1S/C21H26N2O2S/c1-4-19(21(25)22-3)23(14-17-12-10-16(2)11-13-17)20(24)15-26-18-8-6-5-7-9-18/h5-13,19H,4,14-15H2,1-3H3,(H,22,25)/t19-/m1/s1. The number of amides is 2. The van der Waals surface area contributed by atoms with E-state index in [1.165, 1.54) is 17.3 Å². The molecule has 5 heteroatoms. The van der Waals surface area contributed by atoms with E-state index in [1.54, 1.807) is 11.9 Å². The van der Waals surface area contributed by atoms with E-state index in [2.05, 4.69) is 5.32 Å². The van der Waals surface area contributed by atoms with E-state index in [-0.39, 0.29) is 11.8 Å². The molecule has 0 aliphatic rings. The van der Waals surface area contributed by atoms with Crippen LogP contribution >= 0.6 is 11.8 Å². The first-order valence-corrected chi connectivity index (χ1v) is 9.78. The van der Waals surface area contributed by atoms with Crippen molar-refractivity contribution in [2.45, 2.75) is 37.8 Å². The van der Waals surface area contributed by atoms with E-state index < -0.39 is 6.04 Å². The van der Waals surface area contributed by atoms with Gasteiger partial charge in [0.05, 0.1) is 5.75 Å². The molecule has 2 aromatic carbocycles. The predicted octanol–water partition coefficient (Wildman–Crippen LogP) is 3.64. The minimum atomic E-state index is -0.467. The van der Waals surface area contributed by atoms with E-state index in [9.17, 15) is 9.59 Å². The second kappa shape index (κ2) is 10.0. The van der Waals surface area contributed by atoms with Gasteiger partial charge in [-0.2, -0.15) is 0 Å². The highest BCUT2D eigenvalue weighted by atomic mass is 32.2. The van der Waals surface area contributed by atoms with Crippen LogP contribution in [0.25, 0.3) is 0 Å². The summed E-state index contributed by atoms with van der Waals surface area (Å²) < 4.78 is 0. The molecular weight excluding hydrogens is 344 g/mol. The van der Waals surface area contributed by atoms with Crippen molar-refractivity contribution in [3.05, 3.63) is 65.7 Å². The van der Waals surface area contributed by atoms with Crippen molar-refractivity contribution in [1.82, 2.24) is 10.2 Å². The van der Waals surface area contributed by atoms with Gasteiger partial charge in [-0.05, 0) is 31.0 Å². The fourth-order valence-electron chi connectivity index (χ4n) is 2.72. The summed E-state index contributed by atoms with van der Waals surface area (Å²) in [5, 5.41) is 2.68. The molecule has 2 aromatic rings. The molecule has 0 saturated carbocycles. The van der Waals surface area contributed by atoms with Crippen LogP contribution in [0, 0.1) is 6.92 Å². The first-order valence-electron chi connectivity index (χ1n) is 8.79. The molecule has 0 heterocycles. The molecule has 0 spiro atoms. The lowest BCUT2D eigenvalue weighted by Gasteiger charge is -2.30. The monoisotopic (exact) mass is 370 g/mol. The number of nitrogens with one attached hydrogen (secondary N) is 1. The number of carbonyl (C=O) groups is 2. The van der Waals surface area contributed by atoms with Crippen LogP contribution < -0.4 is 5.32 Å². The summed E-state index contributed by atoms with van der Waals surface area (Å²) in [5.41, 5.74) is 2.20. The smallest absolute Gasteiger partial charge is 0.242 e. The molecular formula is C21H26N2O2S. The van der Waals surface area contributed by atoms with Gasteiger partial charge in [0.15, 0.2) is 0 Å². The average Bonchev–Trinajstić information content (AvgIpc) is 2.68. The van der Waals surface area contributed by atoms with Gasteiger partial charge >= 0.3 is 0 Å². The van der Waals surface area contributed by atoms with E-state index in [0.717, 1.165) is 10.5 Å². The van der Waals surface area contributed by atoms with Gasteiger partial charge in [0, 0.05) is 18.5 Å². The molecule has 1 atom stereocenters. The summed E-state index contributed by atoms with van der Waals surface area (Å²) in [5.74, 6) is 0.149. The van der Waals surface area contributed by atoms with Gasteiger partial charge in [-0.1, -0.05) is 55.0 Å². The zero-order valence-electron chi connectivity index (χ0n) is 15.6. The Bertz CT molecular complexity index is 717. The molecule has 2 rings (SSSR count). The number of hydrogen-bond donors (Lipinski definition) is 1. The fourth-order valence-corrected chi connectivity index (χ4v) is 3.53. The highest BCUT2D eigenvalue weighted by Gasteiger charge is 2.27. The van der Waals surface area contributed by atoms with Crippen LogP contribution in [0.3, 0.4) is 0 Å². The van der Waals surface area contributed by atoms with Crippen LogP contribution in [0.4, 0.5) is 0 Å². The molecule has 1 N–H and O–H groups in total. The molecule has 0 radical (unpaired) electrons. The highest BCUT2D eigenvalue weighted by molar-refractivity contribution is 8.00.